The maximum absolute atomic E-state index is 12.0. The summed E-state index contributed by atoms with van der Waals surface area (Å²) in [5, 5.41) is 29.5. The number of hydrogen-bond acceptors (Lipinski definition) is 3. The zero-order chi connectivity index (χ0) is 32.3. The Labute approximate surface area is 264 Å². The van der Waals surface area contributed by atoms with E-state index in [0.29, 0.717) is 25.8 Å². The lowest BCUT2D eigenvalue weighted by Gasteiger charge is -2.43. The van der Waals surface area contributed by atoms with Crippen molar-refractivity contribution >= 4 is 17.9 Å². The lowest BCUT2D eigenvalue weighted by molar-refractivity contribution is -0.935. The molecule has 7 heteroatoms. The normalized spacial score (nSPS) is 15.3. The molecule has 0 spiro atoms. The van der Waals surface area contributed by atoms with Crippen LogP contribution in [0.1, 0.15) is 156 Å². The first-order valence-electron chi connectivity index (χ1n) is 17.8. The molecule has 0 aliphatic rings. The van der Waals surface area contributed by atoms with Gasteiger partial charge in [-0.2, -0.15) is 0 Å². The van der Waals surface area contributed by atoms with Gasteiger partial charge in [0.15, 0.2) is 0 Å². The van der Waals surface area contributed by atoms with Gasteiger partial charge in [-0.15, -0.1) is 0 Å². The number of carbonyl (C=O) groups is 3. The van der Waals surface area contributed by atoms with E-state index >= 15 is 0 Å². The highest BCUT2D eigenvalue weighted by atomic mass is 16.4. The number of carboxylic acid groups (broad SMARTS) is 3. The lowest BCUT2D eigenvalue weighted by atomic mass is 9.95. The number of unbranched alkanes of at least 4 members (excludes halogenated alkanes) is 15. The van der Waals surface area contributed by atoms with Crippen LogP contribution in [-0.2, 0) is 14.4 Å². The second kappa shape index (κ2) is 26.5. The second-order valence-corrected chi connectivity index (χ2v) is 12.9. The first-order chi connectivity index (χ1) is 20.7. The highest BCUT2D eigenvalue weighted by Gasteiger charge is 2.40. The SMILES string of the molecule is CCCCCCCCCCCCCCC/C=C/CCCC[N+](CC(CC)C(=O)O)(CC(CC)C(=O)O)CC(CC)C(=O)O. The molecule has 0 fully saturated rings. The van der Waals surface area contributed by atoms with Crippen LogP contribution in [0.5, 0.6) is 0 Å². The molecule has 3 atom stereocenters. The molecule has 3 unspecified atom stereocenters. The predicted molar refractivity (Wildman–Crippen MR) is 177 cm³/mol. The zero-order valence-electron chi connectivity index (χ0n) is 28.4. The molecule has 0 aromatic rings. The van der Waals surface area contributed by atoms with E-state index in [1.165, 1.54) is 83.5 Å². The number of hydrogen-bond donors (Lipinski definition) is 3. The maximum atomic E-state index is 12.0. The van der Waals surface area contributed by atoms with E-state index in [4.69, 9.17) is 0 Å². The van der Waals surface area contributed by atoms with Gasteiger partial charge in [0.1, 0.15) is 17.8 Å². The first kappa shape index (κ1) is 41.1. The number of allylic oxidation sites excluding steroid dienone is 2. The molecule has 0 radical (unpaired) electrons. The molecule has 0 aromatic heterocycles. The third kappa shape index (κ3) is 20.7. The Morgan fingerprint density at radius 1 is 0.488 bits per heavy atom. The maximum Gasteiger partial charge on any atom is 0.312 e. The van der Waals surface area contributed by atoms with Crippen molar-refractivity contribution in [1.82, 2.24) is 0 Å². The molecule has 3 N–H and O–H groups in total. The Morgan fingerprint density at radius 3 is 1.09 bits per heavy atom. The van der Waals surface area contributed by atoms with Crippen molar-refractivity contribution in [3.63, 3.8) is 0 Å². The van der Waals surface area contributed by atoms with Crippen LogP contribution >= 0.6 is 0 Å². The minimum Gasteiger partial charge on any atom is -0.481 e. The fourth-order valence-corrected chi connectivity index (χ4v) is 6.27. The van der Waals surface area contributed by atoms with Gasteiger partial charge in [0, 0.05) is 0 Å². The Bertz CT molecular complexity index is 692. The predicted octanol–water partition coefficient (Wildman–Crippen LogP) is 9.34. The van der Waals surface area contributed by atoms with Gasteiger partial charge in [0.25, 0.3) is 0 Å². The van der Waals surface area contributed by atoms with Crippen LogP contribution < -0.4 is 0 Å². The standard InChI is InChI=1S/C36H67NO6/c1-5-9-10-11-12-13-14-15-16-17-18-19-20-21-22-23-24-25-26-27-37(28-31(6-2)34(38)39,29-32(7-3)35(40)41)30-33(8-4)36(42)43/h22-23,31-33H,5-21,24-30H2,1-4H3,(H2-,38,39,40,41,42,43)/p+1/b23-22+. The third-order valence-electron chi connectivity index (χ3n) is 9.24. The monoisotopic (exact) mass is 611 g/mol. The van der Waals surface area contributed by atoms with Gasteiger partial charge < -0.3 is 19.8 Å². The number of rotatable bonds is 31. The van der Waals surface area contributed by atoms with Crippen LogP contribution in [0.15, 0.2) is 12.2 Å². The minimum absolute atomic E-state index is 0.239. The van der Waals surface area contributed by atoms with Crippen molar-refractivity contribution < 1.29 is 34.2 Å². The van der Waals surface area contributed by atoms with E-state index in [1.807, 2.05) is 20.8 Å². The summed E-state index contributed by atoms with van der Waals surface area (Å²) < 4.78 is 0.239. The van der Waals surface area contributed by atoms with Gasteiger partial charge in [-0.3, -0.25) is 14.4 Å². The summed E-state index contributed by atoms with van der Waals surface area (Å²) in [6.45, 7) is 9.18. The summed E-state index contributed by atoms with van der Waals surface area (Å²) in [4.78, 5) is 36.0. The molecule has 7 nitrogen and oxygen atoms in total. The molecule has 0 rings (SSSR count). The quantitative estimate of drug-likeness (QED) is 0.0410. The molecule has 0 bridgehead atoms. The van der Waals surface area contributed by atoms with Crippen LogP contribution in [0, 0.1) is 17.8 Å². The molecular weight excluding hydrogens is 542 g/mol. The van der Waals surface area contributed by atoms with Crippen molar-refractivity contribution in [2.45, 2.75) is 156 Å². The lowest BCUT2D eigenvalue weighted by Crippen LogP contribution is -2.58. The zero-order valence-corrected chi connectivity index (χ0v) is 28.4. The summed E-state index contributed by atoms with van der Waals surface area (Å²) in [5.41, 5.74) is 0. The van der Waals surface area contributed by atoms with Gasteiger partial charge in [-0.25, -0.2) is 0 Å². The molecule has 0 aromatic carbocycles. The molecule has 0 aliphatic heterocycles. The number of carboxylic acids is 3. The molecule has 43 heavy (non-hydrogen) atoms. The highest BCUT2D eigenvalue weighted by Crippen LogP contribution is 2.25. The van der Waals surface area contributed by atoms with Gasteiger partial charge in [0.2, 0.25) is 0 Å². The fourth-order valence-electron chi connectivity index (χ4n) is 6.27. The molecule has 252 valence electrons. The Morgan fingerprint density at radius 2 is 0.791 bits per heavy atom. The Kier molecular flexibility index (Phi) is 25.3. The number of aliphatic carboxylic acids is 3. The Hall–Kier alpha value is -1.89. The summed E-state index contributed by atoms with van der Waals surface area (Å²) >= 11 is 0. The number of quaternary nitrogens is 1. The molecule has 0 saturated heterocycles. The van der Waals surface area contributed by atoms with Crippen LogP contribution in [0.4, 0.5) is 0 Å². The second-order valence-electron chi connectivity index (χ2n) is 12.9. The van der Waals surface area contributed by atoms with Gasteiger partial charge in [0.05, 0.1) is 26.2 Å². The van der Waals surface area contributed by atoms with Gasteiger partial charge in [-0.05, 0) is 51.4 Å². The van der Waals surface area contributed by atoms with E-state index in [1.54, 1.807) is 0 Å². The average molecular weight is 611 g/mol. The van der Waals surface area contributed by atoms with E-state index in [9.17, 15) is 29.7 Å². The average Bonchev–Trinajstić information content (AvgIpc) is 2.98. The smallest absolute Gasteiger partial charge is 0.312 e. The van der Waals surface area contributed by atoms with Crippen molar-refractivity contribution in [2.75, 3.05) is 26.2 Å². The summed E-state index contributed by atoms with van der Waals surface area (Å²) in [7, 11) is 0. The van der Waals surface area contributed by atoms with Crippen molar-refractivity contribution in [3.05, 3.63) is 12.2 Å². The van der Waals surface area contributed by atoms with E-state index in [-0.39, 0.29) is 24.1 Å². The summed E-state index contributed by atoms with van der Waals surface area (Å²) in [6.07, 6.45) is 27.2. The van der Waals surface area contributed by atoms with E-state index in [2.05, 4.69) is 19.1 Å². The largest absolute Gasteiger partial charge is 0.481 e. The van der Waals surface area contributed by atoms with Crippen molar-refractivity contribution in [2.24, 2.45) is 17.8 Å². The van der Waals surface area contributed by atoms with E-state index < -0.39 is 35.7 Å². The van der Waals surface area contributed by atoms with E-state index in [0.717, 1.165) is 25.7 Å². The molecule has 0 heterocycles. The Balaban J connectivity index is 4.69. The number of nitrogens with zero attached hydrogens (tertiary/aromatic N) is 1. The fraction of sp³-hybridized carbons (Fsp3) is 0.861. The molecule has 0 amide bonds. The summed E-state index contributed by atoms with van der Waals surface area (Å²) in [6, 6.07) is 0. The van der Waals surface area contributed by atoms with Crippen LogP contribution in [-0.4, -0.2) is 63.9 Å². The van der Waals surface area contributed by atoms with Crippen molar-refractivity contribution in [1.29, 1.82) is 0 Å². The van der Waals surface area contributed by atoms with Crippen LogP contribution in [0.25, 0.3) is 0 Å². The van der Waals surface area contributed by atoms with Crippen LogP contribution in [0.2, 0.25) is 0 Å². The van der Waals surface area contributed by atoms with Crippen LogP contribution in [0.3, 0.4) is 0 Å². The molecule has 0 aliphatic carbocycles. The van der Waals surface area contributed by atoms with Crippen molar-refractivity contribution in [3.8, 4) is 0 Å². The topological polar surface area (TPSA) is 112 Å². The molecular formula is C36H68NO6+. The third-order valence-corrected chi connectivity index (χ3v) is 9.24. The van der Waals surface area contributed by atoms with Gasteiger partial charge >= 0.3 is 17.9 Å². The highest BCUT2D eigenvalue weighted by molar-refractivity contribution is 5.71. The summed E-state index contributed by atoms with van der Waals surface area (Å²) in [5.74, 6) is -4.57. The minimum atomic E-state index is -0.896. The first-order valence-corrected chi connectivity index (χ1v) is 17.8. The van der Waals surface area contributed by atoms with Gasteiger partial charge in [-0.1, -0.05) is 117 Å². The molecule has 0 saturated carbocycles.